The van der Waals surface area contributed by atoms with Gasteiger partial charge in [0.15, 0.2) is 0 Å². The van der Waals surface area contributed by atoms with Gasteiger partial charge in [0.1, 0.15) is 11.9 Å². The van der Waals surface area contributed by atoms with Gasteiger partial charge in [0.25, 0.3) is 0 Å². The van der Waals surface area contributed by atoms with Crippen molar-refractivity contribution in [2.75, 3.05) is 0 Å². The van der Waals surface area contributed by atoms with Gasteiger partial charge >= 0.3 is 0 Å². The SMILES string of the molecule is CCc1ccc(-c2noc(C3CCC(=O)N3Cc3ccccc3F)n2)cc1. The predicted molar refractivity (Wildman–Crippen MR) is 98.0 cm³/mol. The maximum Gasteiger partial charge on any atom is 0.249 e. The maximum absolute atomic E-state index is 14.0. The summed E-state index contributed by atoms with van der Waals surface area (Å²) < 4.78 is 19.5. The van der Waals surface area contributed by atoms with Gasteiger partial charge in [-0.25, -0.2) is 4.39 Å². The third-order valence-corrected chi connectivity index (χ3v) is 4.97. The summed E-state index contributed by atoms with van der Waals surface area (Å²) in [6, 6.07) is 14.2. The van der Waals surface area contributed by atoms with E-state index in [0.29, 0.717) is 30.1 Å². The van der Waals surface area contributed by atoms with Gasteiger partial charge < -0.3 is 9.42 Å². The van der Waals surface area contributed by atoms with E-state index in [4.69, 9.17) is 4.52 Å². The molecule has 1 amide bonds. The van der Waals surface area contributed by atoms with E-state index in [-0.39, 0.29) is 24.3 Å². The molecule has 5 nitrogen and oxygen atoms in total. The molecular formula is C21H20FN3O2. The number of likely N-dealkylation sites (tertiary alicyclic amines) is 1. The van der Waals surface area contributed by atoms with E-state index < -0.39 is 0 Å². The highest BCUT2D eigenvalue weighted by atomic mass is 19.1. The molecule has 0 saturated carbocycles. The number of aryl methyl sites for hydroxylation is 1. The average Bonchev–Trinajstić information content (AvgIpc) is 3.31. The molecule has 1 aliphatic rings. The Balaban J connectivity index is 1.57. The third kappa shape index (κ3) is 3.47. The van der Waals surface area contributed by atoms with Crippen LogP contribution in [0, 0.1) is 5.82 Å². The van der Waals surface area contributed by atoms with Crippen LogP contribution in [0.2, 0.25) is 0 Å². The second kappa shape index (κ2) is 7.31. The fourth-order valence-electron chi connectivity index (χ4n) is 3.38. The number of benzene rings is 2. The molecule has 3 aromatic rings. The molecule has 2 heterocycles. The summed E-state index contributed by atoms with van der Waals surface area (Å²) >= 11 is 0. The summed E-state index contributed by atoms with van der Waals surface area (Å²) in [4.78, 5) is 18.5. The molecule has 1 fully saturated rings. The van der Waals surface area contributed by atoms with Crippen LogP contribution in [0.25, 0.3) is 11.4 Å². The average molecular weight is 365 g/mol. The van der Waals surface area contributed by atoms with Crippen LogP contribution in [0.5, 0.6) is 0 Å². The Morgan fingerprint density at radius 1 is 1.19 bits per heavy atom. The molecule has 1 atom stereocenters. The van der Waals surface area contributed by atoms with E-state index in [1.54, 1.807) is 23.1 Å². The Labute approximate surface area is 156 Å². The lowest BCUT2D eigenvalue weighted by Gasteiger charge is -2.22. The first kappa shape index (κ1) is 17.4. The van der Waals surface area contributed by atoms with Crippen molar-refractivity contribution in [3.05, 3.63) is 71.4 Å². The van der Waals surface area contributed by atoms with Crippen LogP contribution in [-0.4, -0.2) is 20.9 Å². The van der Waals surface area contributed by atoms with Gasteiger partial charge in [0.05, 0.1) is 0 Å². The molecule has 138 valence electrons. The maximum atomic E-state index is 14.0. The first-order valence-corrected chi connectivity index (χ1v) is 9.11. The van der Waals surface area contributed by atoms with Crippen LogP contribution in [0.1, 0.15) is 42.8 Å². The first-order chi connectivity index (χ1) is 13.2. The number of carbonyl (C=O) groups excluding carboxylic acids is 1. The minimum atomic E-state index is -0.326. The monoisotopic (exact) mass is 365 g/mol. The molecule has 6 heteroatoms. The van der Waals surface area contributed by atoms with Gasteiger partial charge in [-0.3, -0.25) is 4.79 Å². The molecule has 0 N–H and O–H groups in total. The number of hydrogen-bond acceptors (Lipinski definition) is 4. The van der Waals surface area contributed by atoms with Gasteiger partial charge in [0, 0.05) is 24.1 Å². The molecule has 4 rings (SSSR count). The van der Waals surface area contributed by atoms with E-state index in [1.807, 2.05) is 24.3 Å². The quantitative estimate of drug-likeness (QED) is 0.676. The molecule has 1 unspecified atom stereocenters. The van der Waals surface area contributed by atoms with Crippen molar-refractivity contribution in [1.29, 1.82) is 0 Å². The fourth-order valence-corrected chi connectivity index (χ4v) is 3.38. The van der Waals surface area contributed by atoms with E-state index >= 15 is 0 Å². The third-order valence-electron chi connectivity index (χ3n) is 4.97. The van der Waals surface area contributed by atoms with Crippen LogP contribution in [0.4, 0.5) is 4.39 Å². The van der Waals surface area contributed by atoms with Crippen molar-refractivity contribution in [2.24, 2.45) is 0 Å². The summed E-state index contributed by atoms with van der Waals surface area (Å²) in [6.07, 6.45) is 1.94. The van der Waals surface area contributed by atoms with Gasteiger partial charge in [-0.1, -0.05) is 54.5 Å². The fraction of sp³-hybridized carbons (Fsp3) is 0.286. The first-order valence-electron chi connectivity index (χ1n) is 9.11. The lowest BCUT2D eigenvalue weighted by atomic mass is 10.1. The van der Waals surface area contributed by atoms with Crippen molar-refractivity contribution in [1.82, 2.24) is 15.0 Å². The highest BCUT2D eigenvalue weighted by Gasteiger charge is 2.36. The summed E-state index contributed by atoms with van der Waals surface area (Å²) in [6.45, 7) is 2.29. The zero-order valence-corrected chi connectivity index (χ0v) is 15.1. The Kier molecular flexibility index (Phi) is 4.71. The van der Waals surface area contributed by atoms with Crippen molar-refractivity contribution < 1.29 is 13.7 Å². The smallest absolute Gasteiger partial charge is 0.249 e. The molecule has 0 aliphatic carbocycles. The Morgan fingerprint density at radius 2 is 1.96 bits per heavy atom. The Hall–Kier alpha value is -3.02. The summed E-state index contributed by atoms with van der Waals surface area (Å²) in [5.74, 6) is 0.540. The zero-order valence-electron chi connectivity index (χ0n) is 15.1. The molecule has 1 aliphatic heterocycles. The molecular weight excluding hydrogens is 345 g/mol. The van der Waals surface area contributed by atoms with Gasteiger partial charge in [-0.05, 0) is 24.5 Å². The van der Waals surface area contributed by atoms with Crippen molar-refractivity contribution >= 4 is 5.91 Å². The minimum Gasteiger partial charge on any atom is -0.337 e. The van der Waals surface area contributed by atoms with Crippen molar-refractivity contribution in [2.45, 2.75) is 38.8 Å². The van der Waals surface area contributed by atoms with Crippen LogP contribution in [0.15, 0.2) is 53.1 Å². The van der Waals surface area contributed by atoms with E-state index in [9.17, 15) is 9.18 Å². The summed E-state index contributed by atoms with van der Waals surface area (Å²) in [5.41, 5.74) is 2.58. The molecule has 1 saturated heterocycles. The van der Waals surface area contributed by atoms with E-state index in [2.05, 4.69) is 17.1 Å². The number of hydrogen-bond donors (Lipinski definition) is 0. The molecule has 27 heavy (non-hydrogen) atoms. The largest absolute Gasteiger partial charge is 0.337 e. The van der Waals surface area contributed by atoms with Crippen LogP contribution in [0.3, 0.4) is 0 Å². The number of aromatic nitrogens is 2. The van der Waals surface area contributed by atoms with E-state index in [1.165, 1.54) is 11.6 Å². The second-order valence-electron chi connectivity index (χ2n) is 6.67. The number of nitrogens with zero attached hydrogens (tertiary/aromatic N) is 3. The van der Waals surface area contributed by atoms with Gasteiger partial charge in [-0.15, -0.1) is 0 Å². The van der Waals surface area contributed by atoms with Gasteiger partial charge in [-0.2, -0.15) is 4.98 Å². The normalized spacial score (nSPS) is 16.9. The van der Waals surface area contributed by atoms with E-state index in [0.717, 1.165) is 12.0 Å². The minimum absolute atomic E-state index is 0.0321. The standard InChI is InChI=1S/C21H20FN3O2/c1-2-14-7-9-15(10-8-14)20-23-21(27-24-20)18-11-12-19(26)25(18)13-16-5-3-4-6-17(16)22/h3-10,18H,2,11-13H2,1H3. The topological polar surface area (TPSA) is 59.2 Å². The highest BCUT2D eigenvalue weighted by molar-refractivity contribution is 5.78. The van der Waals surface area contributed by atoms with Crippen molar-refractivity contribution in [3.8, 4) is 11.4 Å². The second-order valence-corrected chi connectivity index (χ2v) is 6.67. The Morgan fingerprint density at radius 3 is 2.70 bits per heavy atom. The number of halogens is 1. The molecule has 0 spiro atoms. The molecule has 0 radical (unpaired) electrons. The summed E-state index contributed by atoms with van der Waals surface area (Å²) in [5, 5.41) is 4.07. The molecule has 0 bridgehead atoms. The predicted octanol–water partition coefficient (Wildman–Crippen LogP) is 4.30. The lowest BCUT2D eigenvalue weighted by Crippen LogP contribution is -2.27. The number of rotatable bonds is 5. The molecule has 1 aromatic heterocycles. The highest BCUT2D eigenvalue weighted by Crippen LogP contribution is 2.34. The lowest BCUT2D eigenvalue weighted by molar-refractivity contribution is -0.130. The van der Waals surface area contributed by atoms with Gasteiger partial charge in [0.2, 0.25) is 17.6 Å². The summed E-state index contributed by atoms with van der Waals surface area (Å²) in [7, 11) is 0. The van der Waals surface area contributed by atoms with Crippen LogP contribution in [-0.2, 0) is 17.8 Å². The number of amides is 1. The zero-order chi connectivity index (χ0) is 18.8. The van der Waals surface area contributed by atoms with Crippen LogP contribution < -0.4 is 0 Å². The van der Waals surface area contributed by atoms with Crippen LogP contribution >= 0.6 is 0 Å². The Bertz CT molecular complexity index is 952. The van der Waals surface area contributed by atoms with Crippen molar-refractivity contribution in [3.63, 3.8) is 0 Å². The molecule has 2 aromatic carbocycles. The number of carbonyl (C=O) groups is 1.